The molecule has 0 bridgehead atoms. The average molecular weight is 206 g/mol. The third-order valence-electron chi connectivity index (χ3n) is 2.62. The Morgan fingerprint density at radius 1 is 0.812 bits per heavy atom. The molecular formula is C14H10N2. The van der Waals surface area contributed by atoms with E-state index in [0.717, 1.165) is 16.6 Å². The molecule has 0 saturated carbocycles. The lowest BCUT2D eigenvalue weighted by atomic mass is 10.0. The molecule has 16 heavy (non-hydrogen) atoms. The first-order chi connectivity index (χ1) is 7.95. The van der Waals surface area contributed by atoms with Gasteiger partial charge < -0.3 is 0 Å². The Morgan fingerprint density at radius 2 is 1.81 bits per heavy atom. The fourth-order valence-corrected chi connectivity index (χ4v) is 1.86. The highest BCUT2D eigenvalue weighted by molar-refractivity contribution is 5.94. The monoisotopic (exact) mass is 206 g/mol. The first kappa shape index (κ1) is 9.04. The predicted molar refractivity (Wildman–Crippen MR) is 65.0 cm³/mol. The van der Waals surface area contributed by atoms with Crippen LogP contribution in [0.4, 0.5) is 0 Å². The first-order valence-electron chi connectivity index (χ1n) is 5.19. The molecule has 0 amide bonds. The van der Waals surface area contributed by atoms with Crippen molar-refractivity contribution in [3.05, 3.63) is 61.1 Å². The minimum atomic E-state index is 0.987. The maximum atomic E-state index is 4.37. The summed E-state index contributed by atoms with van der Waals surface area (Å²) in [6.07, 6.45) is 5.51. The Bertz CT molecular complexity index is 612. The number of fused-ring (bicyclic) bond motifs is 1. The van der Waals surface area contributed by atoms with Crippen molar-refractivity contribution < 1.29 is 0 Å². The SMILES string of the molecule is c1ccc(-c2cccc3ccncc23)nc1. The molecular weight excluding hydrogens is 196 g/mol. The van der Waals surface area contributed by atoms with Gasteiger partial charge in [-0.3, -0.25) is 9.97 Å². The van der Waals surface area contributed by atoms with Crippen LogP contribution in [-0.4, -0.2) is 9.97 Å². The van der Waals surface area contributed by atoms with Gasteiger partial charge >= 0.3 is 0 Å². The second kappa shape index (κ2) is 3.74. The van der Waals surface area contributed by atoms with Gasteiger partial charge in [0.15, 0.2) is 0 Å². The third-order valence-corrected chi connectivity index (χ3v) is 2.62. The van der Waals surface area contributed by atoms with Crippen LogP contribution in [0, 0.1) is 0 Å². The molecule has 1 aromatic carbocycles. The van der Waals surface area contributed by atoms with E-state index in [1.165, 1.54) is 5.39 Å². The third kappa shape index (κ3) is 1.44. The van der Waals surface area contributed by atoms with Gasteiger partial charge in [0.25, 0.3) is 0 Å². The molecule has 76 valence electrons. The lowest BCUT2D eigenvalue weighted by molar-refractivity contribution is 1.32. The van der Waals surface area contributed by atoms with E-state index in [-0.39, 0.29) is 0 Å². The summed E-state index contributed by atoms with van der Waals surface area (Å²) in [7, 11) is 0. The lowest BCUT2D eigenvalue weighted by Gasteiger charge is -2.04. The van der Waals surface area contributed by atoms with Crippen LogP contribution >= 0.6 is 0 Å². The maximum absolute atomic E-state index is 4.37. The summed E-state index contributed by atoms with van der Waals surface area (Å²) < 4.78 is 0. The van der Waals surface area contributed by atoms with Crippen LogP contribution in [-0.2, 0) is 0 Å². The fraction of sp³-hybridized carbons (Fsp3) is 0. The van der Waals surface area contributed by atoms with E-state index in [4.69, 9.17) is 0 Å². The molecule has 0 radical (unpaired) electrons. The molecule has 0 spiro atoms. The number of aromatic nitrogens is 2. The quantitative estimate of drug-likeness (QED) is 0.610. The molecule has 0 aliphatic carbocycles. The van der Waals surface area contributed by atoms with Crippen molar-refractivity contribution >= 4 is 10.8 Å². The zero-order valence-electron chi connectivity index (χ0n) is 8.67. The highest BCUT2D eigenvalue weighted by atomic mass is 14.7. The van der Waals surface area contributed by atoms with Gasteiger partial charge in [-0.2, -0.15) is 0 Å². The summed E-state index contributed by atoms with van der Waals surface area (Å²) in [5.41, 5.74) is 2.12. The standard InChI is InChI=1S/C14H10N2/c1-2-8-16-14(6-1)12-5-3-4-11-7-9-15-10-13(11)12/h1-10H. The van der Waals surface area contributed by atoms with Gasteiger partial charge in [0.05, 0.1) is 5.69 Å². The summed E-state index contributed by atoms with van der Waals surface area (Å²) in [5, 5.41) is 2.34. The van der Waals surface area contributed by atoms with E-state index in [9.17, 15) is 0 Å². The minimum Gasteiger partial charge on any atom is -0.264 e. The van der Waals surface area contributed by atoms with E-state index in [1.54, 1.807) is 0 Å². The average Bonchev–Trinajstić information content (AvgIpc) is 2.39. The first-order valence-corrected chi connectivity index (χ1v) is 5.19. The molecule has 2 heterocycles. The van der Waals surface area contributed by atoms with Gasteiger partial charge in [0.1, 0.15) is 0 Å². The van der Waals surface area contributed by atoms with E-state index in [1.807, 2.05) is 48.9 Å². The van der Waals surface area contributed by atoms with E-state index in [2.05, 4.69) is 22.1 Å². The number of hydrogen-bond acceptors (Lipinski definition) is 2. The normalized spacial score (nSPS) is 10.5. The van der Waals surface area contributed by atoms with E-state index < -0.39 is 0 Å². The van der Waals surface area contributed by atoms with Crippen LogP contribution in [0.5, 0.6) is 0 Å². The molecule has 0 unspecified atom stereocenters. The Kier molecular flexibility index (Phi) is 2.11. The van der Waals surface area contributed by atoms with Gasteiger partial charge in [-0.1, -0.05) is 24.3 Å². The van der Waals surface area contributed by atoms with Crippen LogP contribution in [0.2, 0.25) is 0 Å². The van der Waals surface area contributed by atoms with Crippen molar-refractivity contribution in [3.63, 3.8) is 0 Å². The number of hydrogen-bond donors (Lipinski definition) is 0. The molecule has 3 aromatic rings. The molecule has 2 aromatic heterocycles. The van der Waals surface area contributed by atoms with Crippen LogP contribution in [0.3, 0.4) is 0 Å². The van der Waals surface area contributed by atoms with Gasteiger partial charge in [-0.25, -0.2) is 0 Å². The van der Waals surface area contributed by atoms with Crippen LogP contribution < -0.4 is 0 Å². The lowest BCUT2D eigenvalue weighted by Crippen LogP contribution is -1.84. The summed E-state index contributed by atoms with van der Waals surface area (Å²) in [5.74, 6) is 0. The molecule has 0 fully saturated rings. The van der Waals surface area contributed by atoms with Crippen molar-refractivity contribution in [2.45, 2.75) is 0 Å². The Labute approximate surface area is 93.6 Å². The zero-order chi connectivity index (χ0) is 10.8. The highest BCUT2D eigenvalue weighted by Crippen LogP contribution is 2.25. The number of rotatable bonds is 1. The number of benzene rings is 1. The molecule has 3 rings (SSSR count). The minimum absolute atomic E-state index is 0.987. The van der Waals surface area contributed by atoms with Gasteiger partial charge in [-0.15, -0.1) is 0 Å². The maximum Gasteiger partial charge on any atom is 0.0708 e. The number of nitrogens with zero attached hydrogens (tertiary/aromatic N) is 2. The molecule has 0 atom stereocenters. The smallest absolute Gasteiger partial charge is 0.0708 e. The van der Waals surface area contributed by atoms with Crippen molar-refractivity contribution in [1.82, 2.24) is 9.97 Å². The second-order valence-electron chi connectivity index (χ2n) is 3.62. The van der Waals surface area contributed by atoms with Crippen molar-refractivity contribution in [2.75, 3.05) is 0 Å². The van der Waals surface area contributed by atoms with Crippen molar-refractivity contribution in [2.24, 2.45) is 0 Å². The Morgan fingerprint density at radius 3 is 2.69 bits per heavy atom. The van der Waals surface area contributed by atoms with Crippen LogP contribution in [0.1, 0.15) is 0 Å². The predicted octanol–water partition coefficient (Wildman–Crippen LogP) is 3.30. The van der Waals surface area contributed by atoms with E-state index in [0.29, 0.717) is 0 Å². The Hall–Kier alpha value is -2.22. The Balaban J connectivity index is 2.32. The molecule has 2 heteroatoms. The van der Waals surface area contributed by atoms with Gasteiger partial charge in [0, 0.05) is 29.5 Å². The molecule has 0 aliphatic heterocycles. The number of pyridine rings is 2. The molecule has 0 aliphatic rings. The molecule has 0 saturated heterocycles. The summed E-state index contributed by atoms with van der Waals surface area (Å²) in [6, 6.07) is 14.2. The highest BCUT2D eigenvalue weighted by Gasteiger charge is 2.03. The van der Waals surface area contributed by atoms with Gasteiger partial charge in [-0.05, 0) is 23.6 Å². The summed E-state index contributed by atoms with van der Waals surface area (Å²) in [6.45, 7) is 0. The largest absolute Gasteiger partial charge is 0.264 e. The summed E-state index contributed by atoms with van der Waals surface area (Å²) in [4.78, 5) is 8.54. The molecule has 2 nitrogen and oxygen atoms in total. The molecule has 0 N–H and O–H groups in total. The van der Waals surface area contributed by atoms with Crippen molar-refractivity contribution in [1.29, 1.82) is 0 Å². The van der Waals surface area contributed by atoms with Crippen molar-refractivity contribution in [3.8, 4) is 11.3 Å². The summed E-state index contributed by atoms with van der Waals surface area (Å²) >= 11 is 0. The second-order valence-corrected chi connectivity index (χ2v) is 3.62. The van der Waals surface area contributed by atoms with Gasteiger partial charge in [0.2, 0.25) is 0 Å². The van der Waals surface area contributed by atoms with E-state index >= 15 is 0 Å². The fourth-order valence-electron chi connectivity index (χ4n) is 1.86. The van der Waals surface area contributed by atoms with Crippen LogP contribution in [0.15, 0.2) is 61.1 Å². The van der Waals surface area contributed by atoms with Crippen LogP contribution in [0.25, 0.3) is 22.0 Å². The zero-order valence-corrected chi connectivity index (χ0v) is 8.67. The topological polar surface area (TPSA) is 25.8 Å².